The Hall–Kier alpha value is -2.12. The molecule has 1 atom stereocenters. The molecular formula is C12H13F3N2O3. The summed E-state index contributed by atoms with van der Waals surface area (Å²) in [7, 11) is 0. The molecule has 0 bridgehead atoms. The molecule has 0 aliphatic heterocycles. The molecule has 0 aliphatic carbocycles. The van der Waals surface area contributed by atoms with Gasteiger partial charge in [0.05, 0.1) is 4.92 Å². The molecule has 5 nitrogen and oxygen atoms in total. The van der Waals surface area contributed by atoms with E-state index in [0.717, 1.165) is 0 Å². The van der Waals surface area contributed by atoms with E-state index in [9.17, 15) is 28.1 Å². The third-order valence-corrected chi connectivity index (χ3v) is 2.83. The third kappa shape index (κ3) is 4.22. The monoisotopic (exact) mass is 290 g/mol. The fourth-order valence-electron chi connectivity index (χ4n) is 1.68. The van der Waals surface area contributed by atoms with Gasteiger partial charge in [-0.3, -0.25) is 14.9 Å². The van der Waals surface area contributed by atoms with Crippen LogP contribution in [-0.4, -0.2) is 23.6 Å². The predicted molar refractivity (Wildman–Crippen MR) is 65.2 cm³/mol. The molecule has 0 aromatic heterocycles. The number of hydrogen-bond donors (Lipinski definition) is 1. The van der Waals surface area contributed by atoms with Crippen LogP contribution in [0.4, 0.5) is 18.9 Å². The zero-order valence-corrected chi connectivity index (χ0v) is 10.6. The summed E-state index contributed by atoms with van der Waals surface area (Å²) < 4.78 is 36.2. The molecule has 1 amide bonds. The van der Waals surface area contributed by atoms with Crippen molar-refractivity contribution in [3.63, 3.8) is 0 Å². The summed E-state index contributed by atoms with van der Waals surface area (Å²) in [6.07, 6.45) is -4.41. The first-order valence-corrected chi connectivity index (χ1v) is 5.85. The number of nitro groups is 1. The minimum Gasteiger partial charge on any atom is -0.348 e. The van der Waals surface area contributed by atoms with Crippen LogP contribution in [0, 0.1) is 10.1 Å². The Kier molecular flexibility index (Phi) is 5.06. The van der Waals surface area contributed by atoms with Crippen LogP contribution in [0.1, 0.15) is 24.8 Å². The molecule has 0 aliphatic rings. The molecule has 8 heteroatoms. The summed E-state index contributed by atoms with van der Waals surface area (Å²) >= 11 is 0. The maximum absolute atomic E-state index is 12.1. The summed E-state index contributed by atoms with van der Waals surface area (Å²) in [6.45, 7) is 1.58. The summed E-state index contributed by atoms with van der Waals surface area (Å²) in [5, 5.41) is 12.3. The molecule has 0 fully saturated rings. The molecule has 0 spiro atoms. The first-order valence-electron chi connectivity index (χ1n) is 5.85. The van der Waals surface area contributed by atoms with Gasteiger partial charge in [0, 0.05) is 24.6 Å². The average molecular weight is 290 g/mol. The van der Waals surface area contributed by atoms with E-state index in [1.54, 1.807) is 6.92 Å². The number of halogens is 3. The number of carbonyl (C=O) groups is 1. The number of non-ortho nitro benzene ring substituents is 1. The van der Waals surface area contributed by atoms with E-state index in [0.29, 0.717) is 12.0 Å². The molecule has 1 rings (SSSR count). The van der Waals surface area contributed by atoms with Gasteiger partial charge in [-0.25, -0.2) is 0 Å². The Morgan fingerprint density at radius 2 is 1.90 bits per heavy atom. The van der Waals surface area contributed by atoms with E-state index in [2.05, 4.69) is 0 Å². The Labute approximate surface area is 112 Å². The lowest BCUT2D eigenvalue weighted by Gasteiger charge is -2.16. The Morgan fingerprint density at radius 3 is 2.30 bits per heavy atom. The summed E-state index contributed by atoms with van der Waals surface area (Å²) in [6, 6.07) is 5.52. The summed E-state index contributed by atoms with van der Waals surface area (Å²) in [5.41, 5.74) is 0.545. The number of nitrogens with one attached hydrogen (secondary N) is 1. The predicted octanol–water partition coefficient (Wildman–Crippen LogP) is 2.77. The maximum atomic E-state index is 12.1. The Morgan fingerprint density at radius 1 is 1.35 bits per heavy atom. The van der Waals surface area contributed by atoms with E-state index in [-0.39, 0.29) is 18.2 Å². The number of nitrogens with zero attached hydrogens (tertiary/aromatic N) is 1. The van der Waals surface area contributed by atoms with E-state index in [1.165, 1.54) is 24.3 Å². The van der Waals surface area contributed by atoms with Crippen molar-refractivity contribution in [1.29, 1.82) is 0 Å². The zero-order chi connectivity index (χ0) is 15.3. The standard InChI is InChI=1S/C12H13F3N2O3/c1-2-8(7-16-11(18)12(13,14)15)9-3-5-10(6-4-9)17(19)20/h3-6,8H,2,7H2,1H3,(H,16,18). The Balaban J connectivity index is 2.71. The molecule has 1 unspecified atom stereocenters. The number of amides is 1. The lowest BCUT2D eigenvalue weighted by molar-refractivity contribution is -0.384. The van der Waals surface area contributed by atoms with Crippen LogP contribution in [0.2, 0.25) is 0 Å². The first kappa shape index (κ1) is 15.9. The van der Waals surface area contributed by atoms with Crippen LogP contribution in [0.3, 0.4) is 0 Å². The largest absolute Gasteiger partial charge is 0.471 e. The number of carbonyl (C=O) groups excluding carboxylic acids is 1. The molecule has 110 valence electrons. The van der Waals surface area contributed by atoms with Crippen molar-refractivity contribution in [2.75, 3.05) is 6.54 Å². The van der Waals surface area contributed by atoms with Crippen molar-refractivity contribution in [3.8, 4) is 0 Å². The molecule has 0 radical (unpaired) electrons. The lowest BCUT2D eigenvalue weighted by atomic mass is 9.96. The SMILES string of the molecule is CCC(CNC(=O)C(F)(F)F)c1ccc([N+](=O)[O-])cc1. The van der Waals surface area contributed by atoms with Crippen LogP contribution >= 0.6 is 0 Å². The van der Waals surface area contributed by atoms with Crippen molar-refractivity contribution in [2.45, 2.75) is 25.4 Å². The smallest absolute Gasteiger partial charge is 0.348 e. The molecule has 1 aromatic rings. The van der Waals surface area contributed by atoms with E-state index in [1.807, 2.05) is 5.32 Å². The number of benzene rings is 1. The van der Waals surface area contributed by atoms with Gasteiger partial charge >= 0.3 is 12.1 Å². The van der Waals surface area contributed by atoms with Crippen molar-refractivity contribution in [3.05, 3.63) is 39.9 Å². The van der Waals surface area contributed by atoms with Gasteiger partial charge in [0.2, 0.25) is 0 Å². The number of hydrogen-bond acceptors (Lipinski definition) is 3. The average Bonchev–Trinajstić information content (AvgIpc) is 2.38. The van der Waals surface area contributed by atoms with Gasteiger partial charge in [-0.15, -0.1) is 0 Å². The first-order chi connectivity index (χ1) is 9.25. The van der Waals surface area contributed by atoms with Gasteiger partial charge in [0.15, 0.2) is 0 Å². The van der Waals surface area contributed by atoms with Crippen LogP contribution in [0.25, 0.3) is 0 Å². The van der Waals surface area contributed by atoms with Crippen LogP contribution in [-0.2, 0) is 4.79 Å². The highest BCUT2D eigenvalue weighted by molar-refractivity contribution is 5.81. The van der Waals surface area contributed by atoms with Gasteiger partial charge in [-0.05, 0) is 12.0 Å². The molecule has 1 aromatic carbocycles. The van der Waals surface area contributed by atoms with Gasteiger partial charge in [-0.1, -0.05) is 19.1 Å². The van der Waals surface area contributed by atoms with Gasteiger partial charge < -0.3 is 5.32 Å². The van der Waals surface area contributed by atoms with Gasteiger partial charge in [-0.2, -0.15) is 13.2 Å². The second kappa shape index (κ2) is 6.36. The molecule has 0 saturated carbocycles. The number of nitro benzene ring substituents is 1. The van der Waals surface area contributed by atoms with E-state index < -0.39 is 17.0 Å². The third-order valence-electron chi connectivity index (χ3n) is 2.83. The number of rotatable bonds is 5. The highest BCUT2D eigenvalue weighted by atomic mass is 19.4. The van der Waals surface area contributed by atoms with Crippen LogP contribution < -0.4 is 5.32 Å². The topological polar surface area (TPSA) is 72.2 Å². The fraction of sp³-hybridized carbons (Fsp3) is 0.417. The van der Waals surface area contributed by atoms with Crippen molar-refractivity contribution in [1.82, 2.24) is 5.32 Å². The van der Waals surface area contributed by atoms with E-state index >= 15 is 0 Å². The van der Waals surface area contributed by atoms with Crippen LogP contribution in [0.15, 0.2) is 24.3 Å². The summed E-state index contributed by atoms with van der Waals surface area (Å²) in [4.78, 5) is 20.7. The van der Waals surface area contributed by atoms with Crippen molar-refractivity contribution in [2.24, 2.45) is 0 Å². The quantitative estimate of drug-likeness (QED) is 0.669. The van der Waals surface area contributed by atoms with E-state index in [4.69, 9.17) is 0 Å². The highest BCUT2D eigenvalue weighted by Gasteiger charge is 2.38. The number of alkyl halides is 3. The maximum Gasteiger partial charge on any atom is 0.471 e. The zero-order valence-electron chi connectivity index (χ0n) is 10.6. The minimum absolute atomic E-state index is 0.0945. The lowest BCUT2D eigenvalue weighted by Crippen LogP contribution is -2.38. The normalized spacial score (nSPS) is 12.8. The molecule has 20 heavy (non-hydrogen) atoms. The molecule has 0 saturated heterocycles. The highest BCUT2D eigenvalue weighted by Crippen LogP contribution is 2.22. The molecular weight excluding hydrogens is 277 g/mol. The second-order valence-corrected chi connectivity index (χ2v) is 4.16. The van der Waals surface area contributed by atoms with Crippen molar-refractivity contribution < 1.29 is 22.9 Å². The second-order valence-electron chi connectivity index (χ2n) is 4.16. The van der Waals surface area contributed by atoms with Crippen LogP contribution in [0.5, 0.6) is 0 Å². The summed E-state index contributed by atoms with van der Waals surface area (Å²) in [5.74, 6) is -2.32. The molecule has 0 heterocycles. The van der Waals surface area contributed by atoms with Crippen molar-refractivity contribution >= 4 is 11.6 Å². The van der Waals surface area contributed by atoms with Gasteiger partial charge in [0.25, 0.3) is 5.69 Å². The minimum atomic E-state index is -4.91. The fourth-order valence-corrected chi connectivity index (χ4v) is 1.68. The Bertz CT molecular complexity index is 486. The van der Waals surface area contributed by atoms with Gasteiger partial charge in [0.1, 0.15) is 0 Å². The molecule has 1 N–H and O–H groups in total.